The topological polar surface area (TPSA) is 88.5 Å². The number of pyridine rings is 1. The van der Waals surface area contributed by atoms with Crippen molar-refractivity contribution in [2.24, 2.45) is 0 Å². The number of amides is 1. The number of aromatic amines is 1. The second-order valence-corrected chi connectivity index (χ2v) is 7.02. The first-order valence-corrected chi connectivity index (χ1v) is 9.07. The van der Waals surface area contributed by atoms with Crippen LogP contribution >= 0.6 is 0 Å². The first-order chi connectivity index (χ1) is 13.0. The summed E-state index contributed by atoms with van der Waals surface area (Å²) in [6, 6.07) is 8.16. The monoisotopic (exact) mass is 362 g/mol. The van der Waals surface area contributed by atoms with Gasteiger partial charge in [0.05, 0.1) is 22.9 Å². The van der Waals surface area contributed by atoms with Gasteiger partial charge in [-0.2, -0.15) is 0 Å². The third-order valence-corrected chi connectivity index (χ3v) is 4.57. The van der Waals surface area contributed by atoms with Crippen molar-refractivity contribution in [1.82, 2.24) is 29.8 Å². The number of rotatable bonds is 5. The molecule has 0 aliphatic carbocycles. The normalized spacial score (nSPS) is 11.6. The minimum atomic E-state index is -0.157. The van der Waals surface area contributed by atoms with Crippen LogP contribution in [0.5, 0.6) is 0 Å². The first-order valence-electron chi connectivity index (χ1n) is 9.07. The second-order valence-electron chi connectivity index (χ2n) is 7.02. The van der Waals surface area contributed by atoms with Crippen LogP contribution in [-0.4, -0.2) is 37.0 Å². The van der Waals surface area contributed by atoms with Gasteiger partial charge in [0.1, 0.15) is 11.3 Å². The molecule has 0 unspecified atom stereocenters. The number of hydrogen-bond acceptors (Lipinski definition) is 4. The molecule has 138 valence electrons. The van der Waals surface area contributed by atoms with Crippen LogP contribution in [0.3, 0.4) is 0 Å². The summed E-state index contributed by atoms with van der Waals surface area (Å²) in [4.78, 5) is 29.0. The molecule has 0 aliphatic heterocycles. The van der Waals surface area contributed by atoms with Crippen molar-refractivity contribution < 1.29 is 4.79 Å². The third-order valence-electron chi connectivity index (χ3n) is 4.57. The summed E-state index contributed by atoms with van der Waals surface area (Å²) in [5, 5.41) is 2.92. The summed E-state index contributed by atoms with van der Waals surface area (Å²) in [6.45, 7) is 6.69. The van der Waals surface area contributed by atoms with Crippen LogP contribution in [0, 0.1) is 6.92 Å². The van der Waals surface area contributed by atoms with Gasteiger partial charge in [0.15, 0.2) is 5.65 Å². The molecule has 0 bridgehead atoms. The number of benzene rings is 1. The maximum absolute atomic E-state index is 12.4. The van der Waals surface area contributed by atoms with Crippen molar-refractivity contribution in [3.63, 3.8) is 0 Å². The van der Waals surface area contributed by atoms with Crippen molar-refractivity contribution in [2.45, 2.75) is 33.2 Å². The highest BCUT2D eigenvalue weighted by Gasteiger charge is 2.12. The number of imidazole rings is 2. The molecule has 0 fully saturated rings. The van der Waals surface area contributed by atoms with Gasteiger partial charge in [0.2, 0.25) is 0 Å². The average molecular weight is 362 g/mol. The van der Waals surface area contributed by atoms with Gasteiger partial charge in [-0.3, -0.25) is 4.79 Å². The molecule has 3 aromatic heterocycles. The summed E-state index contributed by atoms with van der Waals surface area (Å²) < 4.78 is 1.99. The van der Waals surface area contributed by atoms with Gasteiger partial charge >= 0.3 is 0 Å². The lowest BCUT2D eigenvalue weighted by molar-refractivity contribution is 0.0954. The lowest BCUT2D eigenvalue weighted by atomic mass is 10.2. The van der Waals surface area contributed by atoms with Gasteiger partial charge < -0.3 is 14.9 Å². The van der Waals surface area contributed by atoms with Gasteiger partial charge in [-0.05, 0) is 44.5 Å². The summed E-state index contributed by atoms with van der Waals surface area (Å²) in [7, 11) is 0. The average Bonchev–Trinajstić information content (AvgIpc) is 3.24. The van der Waals surface area contributed by atoms with E-state index in [2.05, 4.69) is 52.1 Å². The minimum Gasteiger partial charge on any atom is -0.352 e. The molecule has 0 atom stereocenters. The molecule has 4 aromatic rings. The molecule has 0 spiro atoms. The van der Waals surface area contributed by atoms with Crippen molar-refractivity contribution >= 4 is 28.1 Å². The summed E-state index contributed by atoms with van der Waals surface area (Å²) >= 11 is 0. The van der Waals surface area contributed by atoms with E-state index in [9.17, 15) is 4.79 Å². The number of nitrogens with one attached hydrogen (secondary N) is 2. The van der Waals surface area contributed by atoms with Gasteiger partial charge in [-0.1, -0.05) is 6.07 Å². The number of H-pyrrole nitrogens is 1. The molecular weight excluding hydrogens is 340 g/mol. The maximum atomic E-state index is 12.4. The Hall–Kier alpha value is -3.22. The molecule has 1 amide bonds. The number of carbonyl (C=O) groups excluding carboxylic acids is 1. The molecule has 7 nitrogen and oxygen atoms in total. The van der Waals surface area contributed by atoms with Gasteiger partial charge in [0.25, 0.3) is 5.91 Å². The highest BCUT2D eigenvalue weighted by molar-refractivity contribution is 5.96. The van der Waals surface area contributed by atoms with Crippen LogP contribution in [0.1, 0.15) is 41.6 Å². The number of carbonyl (C=O) groups is 1. The molecule has 7 heteroatoms. The SMILES string of the molecule is Cc1ccc2nc(CCNC(=O)c3cnc4c(c3)ncn4C(C)C)[nH]c2c1. The van der Waals surface area contributed by atoms with E-state index >= 15 is 0 Å². The molecule has 27 heavy (non-hydrogen) atoms. The zero-order valence-corrected chi connectivity index (χ0v) is 15.7. The number of hydrogen-bond donors (Lipinski definition) is 2. The number of fused-ring (bicyclic) bond motifs is 2. The Morgan fingerprint density at radius 3 is 2.89 bits per heavy atom. The molecule has 4 rings (SSSR count). The first kappa shape index (κ1) is 17.2. The zero-order chi connectivity index (χ0) is 19.0. The van der Waals surface area contributed by atoms with E-state index in [0.29, 0.717) is 18.5 Å². The van der Waals surface area contributed by atoms with E-state index in [1.807, 2.05) is 16.7 Å². The summed E-state index contributed by atoms with van der Waals surface area (Å²) in [6.07, 6.45) is 3.99. The van der Waals surface area contributed by atoms with Crippen molar-refractivity contribution in [3.05, 3.63) is 53.7 Å². The van der Waals surface area contributed by atoms with Gasteiger partial charge in [-0.15, -0.1) is 0 Å². The van der Waals surface area contributed by atoms with E-state index < -0.39 is 0 Å². The Bertz CT molecular complexity index is 1120. The molecule has 0 saturated carbocycles. The maximum Gasteiger partial charge on any atom is 0.252 e. The van der Waals surface area contributed by atoms with Crippen LogP contribution in [-0.2, 0) is 6.42 Å². The summed E-state index contributed by atoms with van der Waals surface area (Å²) in [5.74, 6) is 0.704. The van der Waals surface area contributed by atoms with Crippen LogP contribution in [0.4, 0.5) is 0 Å². The number of aromatic nitrogens is 5. The third kappa shape index (κ3) is 3.40. The largest absolute Gasteiger partial charge is 0.352 e. The van der Waals surface area contributed by atoms with Crippen LogP contribution in [0.15, 0.2) is 36.8 Å². The van der Waals surface area contributed by atoms with Crippen molar-refractivity contribution in [3.8, 4) is 0 Å². The number of nitrogens with zero attached hydrogens (tertiary/aromatic N) is 4. The fraction of sp³-hybridized carbons (Fsp3) is 0.300. The quantitative estimate of drug-likeness (QED) is 0.571. The van der Waals surface area contributed by atoms with Crippen LogP contribution < -0.4 is 5.32 Å². The number of aryl methyl sites for hydroxylation is 1. The Morgan fingerprint density at radius 2 is 2.07 bits per heavy atom. The standard InChI is InChI=1S/C20H22N6O/c1-12(2)26-11-23-17-9-14(10-22-19(17)26)20(27)21-7-6-18-24-15-5-4-13(3)8-16(15)25-18/h4-5,8-12H,6-7H2,1-3H3,(H,21,27)(H,24,25). The fourth-order valence-corrected chi connectivity index (χ4v) is 3.11. The predicted molar refractivity (Wildman–Crippen MR) is 105 cm³/mol. The van der Waals surface area contributed by atoms with E-state index in [-0.39, 0.29) is 11.9 Å². The minimum absolute atomic E-state index is 0.157. The predicted octanol–water partition coefficient (Wildman–Crippen LogP) is 3.17. The van der Waals surface area contributed by atoms with Crippen molar-refractivity contribution in [1.29, 1.82) is 0 Å². The highest BCUT2D eigenvalue weighted by atomic mass is 16.1. The van der Waals surface area contributed by atoms with Gasteiger partial charge in [-0.25, -0.2) is 15.0 Å². The van der Waals surface area contributed by atoms with E-state index in [4.69, 9.17) is 0 Å². The molecule has 0 radical (unpaired) electrons. The highest BCUT2D eigenvalue weighted by Crippen LogP contribution is 2.16. The lowest BCUT2D eigenvalue weighted by Crippen LogP contribution is -2.26. The smallest absolute Gasteiger partial charge is 0.252 e. The van der Waals surface area contributed by atoms with E-state index in [1.54, 1.807) is 18.6 Å². The second kappa shape index (κ2) is 6.83. The lowest BCUT2D eigenvalue weighted by Gasteiger charge is -2.07. The fourth-order valence-electron chi connectivity index (χ4n) is 3.11. The zero-order valence-electron chi connectivity index (χ0n) is 15.7. The van der Waals surface area contributed by atoms with Gasteiger partial charge in [0, 0.05) is 25.2 Å². The summed E-state index contributed by atoms with van der Waals surface area (Å²) in [5.41, 5.74) is 5.18. The molecular formula is C20H22N6O. The molecule has 3 heterocycles. The van der Waals surface area contributed by atoms with Crippen LogP contribution in [0.25, 0.3) is 22.2 Å². The molecule has 0 saturated heterocycles. The molecule has 1 aromatic carbocycles. The molecule has 0 aliphatic rings. The van der Waals surface area contributed by atoms with E-state index in [1.165, 1.54) is 5.56 Å². The van der Waals surface area contributed by atoms with Crippen LogP contribution in [0.2, 0.25) is 0 Å². The van der Waals surface area contributed by atoms with E-state index in [0.717, 1.165) is 28.0 Å². The Balaban J connectivity index is 1.42. The Morgan fingerprint density at radius 1 is 1.22 bits per heavy atom. The Kier molecular flexibility index (Phi) is 4.35. The Labute approximate surface area is 156 Å². The van der Waals surface area contributed by atoms with Crippen molar-refractivity contribution in [2.75, 3.05) is 6.54 Å². The molecule has 2 N–H and O–H groups in total.